The van der Waals surface area contributed by atoms with Gasteiger partial charge in [-0.15, -0.1) is 0 Å². The Morgan fingerprint density at radius 1 is 1.18 bits per heavy atom. The summed E-state index contributed by atoms with van der Waals surface area (Å²) in [5.41, 5.74) is 7.16. The molecule has 0 bridgehead atoms. The zero-order valence-corrected chi connectivity index (χ0v) is 18.8. The number of anilines is 2. The van der Waals surface area contributed by atoms with Crippen LogP contribution < -0.4 is 21.7 Å². The van der Waals surface area contributed by atoms with Crippen molar-refractivity contribution in [3.05, 3.63) is 69.9 Å². The maximum absolute atomic E-state index is 12.7. The van der Waals surface area contributed by atoms with Gasteiger partial charge in [0.05, 0.1) is 11.7 Å². The number of aromatic amines is 1. The van der Waals surface area contributed by atoms with Gasteiger partial charge in [-0.2, -0.15) is 10.1 Å². The minimum atomic E-state index is -0.379. The highest BCUT2D eigenvalue weighted by Gasteiger charge is 2.20. The van der Waals surface area contributed by atoms with E-state index in [1.54, 1.807) is 29.1 Å². The highest BCUT2D eigenvalue weighted by atomic mass is 16.2. The number of benzene rings is 1. The third kappa shape index (κ3) is 4.97. The van der Waals surface area contributed by atoms with Crippen LogP contribution in [0.4, 0.5) is 11.9 Å². The van der Waals surface area contributed by atoms with Crippen molar-refractivity contribution >= 4 is 28.8 Å². The van der Waals surface area contributed by atoms with E-state index in [2.05, 4.69) is 41.2 Å². The van der Waals surface area contributed by atoms with Gasteiger partial charge < -0.3 is 5.32 Å². The Bertz CT molecular complexity index is 1370. The number of carbonyl (C=O) groups excluding carboxylic acids is 1. The molecule has 0 fully saturated rings. The van der Waals surface area contributed by atoms with Crippen molar-refractivity contribution in [2.75, 3.05) is 10.7 Å². The van der Waals surface area contributed by atoms with Crippen molar-refractivity contribution < 1.29 is 4.79 Å². The number of amides is 1. The van der Waals surface area contributed by atoms with Crippen LogP contribution in [-0.4, -0.2) is 35.6 Å². The van der Waals surface area contributed by atoms with Crippen LogP contribution in [0, 0.1) is 6.92 Å². The van der Waals surface area contributed by atoms with Crippen LogP contribution in [0.25, 0.3) is 11.0 Å². The van der Waals surface area contributed by atoms with Crippen LogP contribution in [0.15, 0.2) is 47.5 Å². The van der Waals surface area contributed by atoms with E-state index in [1.165, 1.54) is 6.20 Å². The Kier molecular flexibility index (Phi) is 5.78. The van der Waals surface area contributed by atoms with Crippen molar-refractivity contribution in [3.8, 4) is 0 Å². The number of hydrogen-bond acceptors (Lipinski definition) is 8. The second-order valence-electron chi connectivity index (χ2n) is 8.53. The summed E-state index contributed by atoms with van der Waals surface area (Å²) in [6.45, 7) is 8.24. The van der Waals surface area contributed by atoms with Gasteiger partial charge in [-0.1, -0.05) is 12.1 Å². The average molecular weight is 448 g/mol. The number of carbonyl (C=O) groups is 1. The molecule has 3 aromatic heterocycles. The van der Waals surface area contributed by atoms with Gasteiger partial charge in [0.1, 0.15) is 5.39 Å². The van der Waals surface area contributed by atoms with Gasteiger partial charge in [-0.25, -0.2) is 14.6 Å². The van der Waals surface area contributed by atoms with E-state index >= 15 is 0 Å². The standard InChI is InChI=1S/C22H25N9O2/c1-13-8-9-23-20(26-13)24-11-14-6-5-7-15(10-14)18(32)29-30-21-27-17-16(19(33)28-21)12-25-31(17)22(2,3)4/h5-10,12H,11H2,1-4H3,(H,29,32)(H,23,24,26)(H2,27,28,30,33). The number of hydrogen-bond donors (Lipinski definition) is 4. The van der Waals surface area contributed by atoms with Crippen molar-refractivity contribution in [3.63, 3.8) is 0 Å². The van der Waals surface area contributed by atoms with Crippen LogP contribution in [0.1, 0.15) is 42.4 Å². The first-order valence-electron chi connectivity index (χ1n) is 10.4. The molecule has 0 atom stereocenters. The molecule has 0 saturated carbocycles. The van der Waals surface area contributed by atoms with Gasteiger partial charge in [0.15, 0.2) is 5.65 Å². The normalized spacial score (nSPS) is 11.4. The maximum Gasteiger partial charge on any atom is 0.269 e. The molecule has 1 aromatic carbocycles. The van der Waals surface area contributed by atoms with E-state index in [9.17, 15) is 9.59 Å². The molecule has 0 aliphatic heterocycles. The SMILES string of the molecule is Cc1ccnc(NCc2cccc(C(=O)NNc3nc4c(cnn4C(C)(C)C)c(=O)[nH]3)c2)n1. The maximum atomic E-state index is 12.7. The van der Waals surface area contributed by atoms with E-state index < -0.39 is 0 Å². The third-order valence-electron chi connectivity index (χ3n) is 4.80. The van der Waals surface area contributed by atoms with E-state index in [4.69, 9.17) is 0 Å². The molecule has 170 valence electrons. The predicted molar refractivity (Wildman–Crippen MR) is 125 cm³/mol. The lowest BCUT2D eigenvalue weighted by Crippen LogP contribution is -2.32. The molecule has 0 aliphatic rings. The molecule has 11 heteroatoms. The number of hydrazine groups is 1. The second-order valence-corrected chi connectivity index (χ2v) is 8.53. The lowest BCUT2D eigenvalue weighted by Gasteiger charge is -2.19. The van der Waals surface area contributed by atoms with Gasteiger partial charge in [0.2, 0.25) is 11.9 Å². The molecule has 4 rings (SSSR count). The van der Waals surface area contributed by atoms with Crippen LogP contribution in [0.5, 0.6) is 0 Å². The topological polar surface area (TPSA) is 143 Å². The molecule has 0 aliphatic carbocycles. The van der Waals surface area contributed by atoms with Crippen LogP contribution in [0.2, 0.25) is 0 Å². The Morgan fingerprint density at radius 3 is 2.76 bits per heavy atom. The number of nitrogens with zero attached hydrogens (tertiary/aromatic N) is 5. The lowest BCUT2D eigenvalue weighted by atomic mass is 10.1. The molecule has 0 unspecified atom stereocenters. The molecule has 0 spiro atoms. The molecule has 1 amide bonds. The molecular formula is C22H25N9O2. The Balaban J connectivity index is 1.45. The molecule has 4 aromatic rings. The summed E-state index contributed by atoms with van der Waals surface area (Å²) in [7, 11) is 0. The monoisotopic (exact) mass is 447 g/mol. The Labute approximate surface area is 189 Å². The first kappa shape index (κ1) is 21.9. The van der Waals surface area contributed by atoms with E-state index in [1.807, 2.05) is 39.8 Å². The summed E-state index contributed by atoms with van der Waals surface area (Å²) in [6, 6.07) is 8.95. The molecule has 11 nitrogen and oxygen atoms in total. The third-order valence-corrected chi connectivity index (χ3v) is 4.80. The molecule has 4 N–H and O–H groups in total. The summed E-state index contributed by atoms with van der Waals surface area (Å²) in [5, 5.41) is 7.78. The van der Waals surface area contributed by atoms with Crippen molar-refractivity contribution in [2.24, 2.45) is 0 Å². The second kappa shape index (κ2) is 8.69. The summed E-state index contributed by atoms with van der Waals surface area (Å²) in [5.74, 6) is 0.253. The number of H-pyrrole nitrogens is 1. The van der Waals surface area contributed by atoms with Crippen LogP contribution in [-0.2, 0) is 12.1 Å². The number of aryl methyl sites for hydroxylation is 1. The first-order valence-corrected chi connectivity index (χ1v) is 10.4. The summed E-state index contributed by atoms with van der Waals surface area (Å²) in [4.78, 5) is 40.5. The first-order chi connectivity index (χ1) is 15.7. The van der Waals surface area contributed by atoms with Gasteiger partial charge in [0, 0.05) is 24.0 Å². The van der Waals surface area contributed by atoms with Gasteiger partial charge in [-0.3, -0.25) is 25.4 Å². The zero-order chi connectivity index (χ0) is 23.6. The largest absolute Gasteiger partial charge is 0.350 e. The number of nitrogens with one attached hydrogen (secondary N) is 4. The van der Waals surface area contributed by atoms with E-state index in [0.717, 1.165) is 11.3 Å². The number of fused-ring (bicyclic) bond motifs is 1. The predicted octanol–water partition coefficient (Wildman–Crippen LogP) is 2.34. The highest BCUT2D eigenvalue weighted by molar-refractivity contribution is 5.95. The lowest BCUT2D eigenvalue weighted by molar-refractivity contribution is 0.0962. The van der Waals surface area contributed by atoms with Crippen molar-refractivity contribution in [2.45, 2.75) is 39.8 Å². The molecule has 3 heterocycles. The summed E-state index contributed by atoms with van der Waals surface area (Å²) in [6.07, 6.45) is 3.17. The van der Waals surface area contributed by atoms with Gasteiger partial charge in [-0.05, 0) is 51.5 Å². The minimum Gasteiger partial charge on any atom is -0.350 e. The fourth-order valence-corrected chi connectivity index (χ4v) is 3.19. The summed E-state index contributed by atoms with van der Waals surface area (Å²) < 4.78 is 1.67. The molecular weight excluding hydrogens is 422 g/mol. The Hall–Kier alpha value is -4.28. The number of rotatable bonds is 6. The van der Waals surface area contributed by atoms with Crippen LogP contribution >= 0.6 is 0 Å². The van der Waals surface area contributed by atoms with E-state index in [-0.39, 0.29) is 23.0 Å². The molecule has 33 heavy (non-hydrogen) atoms. The molecule has 0 radical (unpaired) electrons. The fourth-order valence-electron chi connectivity index (χ4n) is 3.19. The van der Waals surface area contributed by atoms with Gasteiger partial charge in [0.25, 0.3) is 11.5 Å². The van der Waals surface area contributed by atoms with Gasteiger partial charge >= 0.3 is 0 Å². The molecule has 0 saturated heterocycles. The highest BCUT2D eigenvalue weighted by Crippen LogP contribution is 2.18. The van der Waals surface area contributed by atoms with Crippen molar-refractivity contribution in [1.82, 2.24) is 35.1 Å². The zero-order valence-electron chi connectivity index (χ0n) is 18.8. The smallest absolute Gasteiger partial charge is 0.269 e. The average Bonchev–Trinajstić information content (AvgIpc) is 3.21. The van der Waals surface area contributed by atoms with Crippen LogP contribution in [0.3, 0.4) is 0 Å². The van der Waals surface area contributed by atoms with E-state index in [0.29, 0.717) is 29.1 Å². The summed E-state index contributed by atoms with van der Waals surface area (Å²) >= 11 is 0. The van der Waals surface area contributed by atoms with Crippen molar-refractivity contribution in [1.29, 1.82) is 0 Å². The Morgan fingerprint density at radius 2 is 2.00 bits per heavy atom. The quantitative estimate of drug-likeness (QED) is 0.330. The minimum absolute atomic E-state index is 0.112. The number of aromatic nitrogens is 6. The fraction of sp³-hybridized carbons (Fsp3) is 0.273.